The molecule has 14 heavy (non-hydrogen) atoms. The van der Waals surface area contributed by atoms with Gasteiger partial charge in [-0.15, -0.1) is 6.58 Å². The number of hydrogen-bond donors (Lipinski definition) is 0. The van der Waals surface area contributed by atoms with Crippen LogP contribution in [0.2, 0.25) is 0 Å². The molecule has 0 aliphatic carbocycles. The fraction of sp³-hybridized carbons (Fsp3) is 0.714. The van der Waals surface area contributed by atoms with Crippen molar-refractivity contribution in [2.75, 3.05) is 0 Å². The van der Waals surface area contributed by atoms with Gasteiger partial charge in [0.2, 0.25) is 0 Å². The van der Waals surface area contributed by atoms with E-state index in [4.69, 9.17) is 0 Å². The van der Waals surface area contributed by atoms with Crippen LogP contribution in [-0.4, -0.2) is 0 Å². The zero-order chi connectivity index (χ0) is 11.7. The van der Waals surface area contributed by atoms with Crippen LogP contribution in [0.5, 0.6) is 0 Å². The fourth-order valence-corrected chi connectivity index (χ4v) is 0.621. The topological polar surface area (TPSA) is 0 Å². The minimum absolute atomic E-state index is 0.667. The lowest BCUT2D eigenvalue weighted by Gasteiger charge is -2.07. The van der Waals surface area contributed by atoms with Crippen molar-refractivity contribution in [3.8, 4) is 0 Å². The van der Waals surface area contributed by atoms with Gasteiger partial charge in [-0.1, -0.05) is 52.8 Å². The van der Waals surface area contributed by atoms with Crippen molar-refractivity contribution in [3.63, 3.8) is 0 Å². The summed E-state index contributed by atoms with van der Waals surface area (Å²) >= 11 is 0. The van der Waals surface area contributed by atoms with Gasteiger partial charge in [-0.25, -0.2) is 0 Å². The monoisotopic (exact) mass is 196 g/mol. The van der Waals surface area contributed by atoms with Crippen molar-refractivity contribution in [2.45, 2.75) is 48.0 Å². The molecule has 0 aromatic rings. The van der Waals surface area contributed by atoms with Crippen molar-refractivity contribution >= 4 is 0 Å². The molecule has 0 radical (unpaired) electrons. The highest BCUT2D eigenvalue weighted by Crippen LogP contribution is 2.09. The Morgan fingerprint density at radius 1 is 1.21 bits per heavy atom. The predicted molar refractivity (Wildman–Crippen MR) is 68.5 cm³/mol. The molecule has 0 bridgehead atoms. The van der Waals surface area contributed by atoms with E-state index in [1.807, 2.05) is 6.08 Å². The van der Waals surface area contributed by atoms with Gasteiger partial charge >= 0.3 is 0 Å². The molecule has 0 saturated heterocycles. The van der Waals surface area contributed by atoms with Crippen molar-refractivity contribution < 1.29 is 0 Å². The van der Waals surface area contributed by atoms with Gasteiger partial charge in [-0.05, 0) is 31.1 Å². The summed E-state index contributed by atoms with van der Waals surface area (Å²) in [7, 11) is 0. The highest BCUT2D eigenvalue weighted by Gasteiger charge is 1.98. The average Bonchev–Trinajstić information content (AvgIpc) is 2.15. The Bertz CT molecular complexity index is 153. The molecule has 0 N–H and O–H groups in total. The largest absolute Gasteiger partial charge is 0.103 e. The molecule has 0 fully saturated rings. The minimum atomic E-state index is 0.667. The van der Waals surface area contributed by atoms with Crippen molar-refractivity contribution in [1.82, 2.24) is 0 Å². The highest BCUT2D eigenvalue weighted by atomic mass is 14.0. The summed E-state index contributed by atoms with van der Waals surface area (Å²) < 4.78 is 0. The van der Waals surface area contributed by atoms with Crippen LogP contribution in [0.4, 0.5) is 0 Å². The van der Waals surface area contributed by atoms with Gasteiger partial charge in [0.1, 0.15) is 0 Å². The molecule has 2 unspecified atom stereocenters. The zero-order valence-corrected chi connectivity index (χ0v) is 10.9. The van der Waals surface area contributed by atoms with E-state index in [-0.39, 0.29) is 0 Å². The first-order chi connectivity index (χ1) is 6.36. The molecular weight excluding hydrogens is 168 g/mol. The summed E-state index contributed by atoms with van der Waals surface area (Å²) in [5.74, 6) is 2.12. The summed E-state index contributed by atoms with van der Waals surface area (Å²) in [6.45, 7) is 20.5. The van der Waals surface area contributed by atoms with Gasteiger partial charge in [0.15, 0.2) is 0 Å². The van der Waals surface area contributed by atoms with E-state index >= 15 is 0 Å². The van der Waals surface area contributed by atoms with Crippen LogP contribution in [0.3, 0.4) is 0 Å². The molecule has 0 aromatic heterocycles. The molecule has 0 amide bonds. The molecule has 0 spiro atoms. The summed E-state index contributed by atoms with van der Waals surface area (Å²) in [6, 6.07) is 0. The van der Waals surface area contributed by atoms with Crippen LogP contribution >= 0.6 is 0 Å². The number of rotatable bonds is 4. The predicted octanol–water partition coefficient (Wildman–Crippen LogP) is 5.07. The van der Waals surface area contributed by atoms with Crippen LogP contribution in [0.25, 0.3) is 0 Å². The first-order valence-electron chi connectivity index (χ1n) is 5.64. The SMILES string of the molecule is C=C(C)C(C)CC.C=CC(C)C(C)C. The molecule has 0 heteroatoms. The maximum absolute atomic E-state index is 3.83. The van der Waals surface area contributed by atoms with Gasteiger partial charge in [0.25, 0.3) is 0 Å². The van der Waals surface area contributed by atoms with Crippen LogP contribution in [-0.2, 0) is 0 Å². The molecule has 0 aliphatic heterocycles. The molecule has 0 nitrogen and oxygen atoms in total. The fourth-order valence-electron chi connectivity index (χ4n) is 0.621. The normalized spacial score (nSPS) is 13.9. The molecular formula is C14H28. The third-order valence-electron chi connectivity index (χ3n) is 2.88. The van der Waals surface area contributed by atoms with E-state index in [1.165, 1.54) is 12.0 Å². The number of allylic oxidation sites excluding steroid dienone is 2. The molecule has 0 aromatic carbocycles. The lowest BCUT2D eigenvalue weighted by Crippen LogP contribution is -1.97. The highest BCUT2D eigenvalue weighted by molar-refractivity contribution is 4.92. The van der Waals surface area contributed by atoms with Gasteiger partial charge in [0.05, 0.1) is 0 Å². The molecule has 2 atom stereocenters. The summed E-state index contributed by atoms with van der Waals surface area (Å²) in [4.78, 5) is 0. The zero-order valence-electron chi connectivity index (χ0n) is 10.9. The average molecular weight is 196 g/mol. The Labute approximate surface area is 91.1 Å². The Hall–Kier alpha value is -0.520. The summed E-state index contributed by atoms with van der Waals surface area (Å²) in [5.41, 5.74) is 1.29. The number of hydrogen-bond acceptors (Lipinski definition) is 0. The minimum Gasteiger partial charge on any atom is -0.103 e. The Morgan fingerprint density at radius 3 is 1.64 bits per heavy atom. The molecule has 84 valence electrons. The molecule has 0 heterocycles. The van der Waals surface area contributed by atoms with Gasteiger partial charge in [-0.3, -0.25) is 0 Å². The first-order valence-corrected chi connectivity index (χ1v) is 5.64. The third-order valence-corrected chi connectivity index (χ3v) is 2.88. The Balaban J connectivity index is 0. The lowest BCUT2D eigenvalue weighted by molar-refractivity contribution is 0.505. The molecule has 0 saturated carbocycles. The Kier molecular flexibility index (Phi) is 10.3. The van der Waals surface area contributed by atoms with Crippen molar-refractivity contribution in [2.24, 2.45) is 17.8 Å². The maximum Gasteiger partial charge on any atom is -0.0240 e. The van der Waals surface area contributed by atoms with Gasteiger partial charge < -0.3 is 0 Å². The van der Waals surface area contributed by atoms with Gasteiger partial charge in [0, 0.05) is 0 Å². The van der Waals surface area contributed by atoms with Crippen LogP contribution in [0.15, 0.2) is 24.8 Å². The quantitative estimate of drug-likeness (QED) is 0.550. The van der Waals surface area contributed by atoms with Crippen LogP contribution in [0.1, 0.15) is 48.0 Å². The smallest absolute Gasteiger partial charge is 0.0240 e. The van der Waals surface area contributed by atoms with E-state index in [9.17, 15) is 0 Å². The van der Waals surface area contributed by atoms with Crippen molar-refractivity contribution in [1.29, 1.82) is 0 Å². The first kappa shape index (κ1) is 15.9. The van der Waals surface area contributed by atoms with Crippen LogP contribution < -0.4 is 0 Å². The molecule has 0 aliphatic rings. The Morgan fingerprint density at radius 2 is 1.64 bits per heavy atom. The lowest BCUT2D eigenvalue weighted by atomic mass is 9.99. The summed E-state index contributed by atoms with van der Waals surface area (Å²) in [5, 5.41) is 0. The second-order valence-electron chi connectivity index (χ2n) is 4.49. The molecule has 0 rings (SSSR count). The van der Waals surface area contributed by atoms with Crippen molar-refractivity contribution in [3.05, 3.63) is 24.8 Å². The second-order valence-corrected chi connectivity index (χ2v) is 4.49. The van der Waals surface area contributed by atoms with Gasteiger partial charge in [-0.2, -0.15) is 0 Å². The summed E-state index contributed by atoms with van der Waals surface area (Å²) in [6.07, 6.45) is 3.21. The van der Waals surface area contributed by atoms with E-state index in [2.05, 4.69) is 54.7 Å². The van der Waals surface area contributed by atoms with E-state index < -0.39 is 0 Å². The second kappa shape index (κ2) is 9.05. The van der Waals surface area contributed by atoms with E-state index in [0.29, 0.717) is 11.8 Å². The third kappa shape index (κ3) is 9.57. The van der Waals surface area contributed by atoms with E-state index in [0.717, 1.165) is 5.92 Å². The standard InChI is InChI=1S/2C7H14/c2*1-5-7(4)6(2)3/h7H,2,5H2,1,3-4H3;5-7H,1H2,2-4H3. The van der Waals surface area contributed by atoms with Crippen LogP contribution in [0, 0.1) is 17.8 Å². The van der Waals surface area contributed by atoms with E-state index in [1.54, 1.807) is 0 Å². The maximum atomic E-state index is 3.83.